The highest BCUT2D eigenvalue weighted by Crippen LogP contribution is 2.21. The summed E-state index contributed by atoms with van der Waals surface area (Å²) in [6.45, 7) is 11.6. The molecule has 0 fully saturated rings. The summed E-state index contributed by atoms with van der Waals surface area (Å²) in [6, 6.07) is 0. The van der Waals surface area contributed by atoms with Gasteiger partial charge in [0.15, 0.2) is 0 Å². The number of hydrogen-bond acceptors (Lipinski definition) is 2. The molecular formula is C19H24N2. The van der Waals surface area contributed by atoms with Crippen LogP contribution in [0.1, 0.15) is 26.7 Å². The summed E-state index contributed by atoms with van der Waals surface area (Å²) < 4.78 is 0. The van der Waals surface area contributed by atoms with Gasteiger partial charge in [0.2, 0.25) is 0 Å². The molecule has 0 amide bonds. The first-order valence-electron chi connectivity index (χ1n) is 7.11. The summed E-state index contributed by atoms with van der Waals surface area (Å²) in [6.07, 6.45) is 17.4. The smallest absolute Gasteiger partial charge is 0.104 e. The van der Waals surface area contributed by atoms with Crippen LogP contribution in [0.3, 0.4) is 0 Å². The molecule has 1 aliphatic heterocycles. The molecule has 0 saturated heterocycles. The standard InChI is InChI=1S/C19H24N2/c1-5-9-16(8-4)17(10-6-2)14-18-12-11-15(7-3)13-19(20)21-18/h5-11,14H,2-3,12-13H2,1,4H3,(H2,20,21)/b9-5-,16-8+,17-10+,18-14+. The summed E-state index contributed by atoms with van der Waals surface area (Å²) >= 11 is 0. The topological polar surface area (TPSA) is 38.4 Å². The van der Waals surface area contributed by atoms with Crippen LogP contribution in [-0.4, -0.2) is 5.84 Å². The molecule has 0 radical (unpaired) electrons. The largest absolute Gasteiger partial charge is 0.387 e. The Morgan fingerprint density at radius 1 is 1.29 bits per heavy atom. The van der Waals surface area contributed by atoms with Crippen molar-refractivity contribution in [3.05, 3.63) is 84.2 Å². The second-order valence-electron chi connectivity index (χ2n) is 4.70. The first-order valence-corrected chi connectivity index (χ1v) is 7.11. The van der Waals surface area contributed by atoms with Crippen LogP contribution in [0, 0.1) is 0 Å². The molecule has 0 bridgehead atoms. The molecule has 1 rings (SSSR count). The third-order valence-corrected chi connectivity index (χ3v) is 3.12. The fourth-order valence-corrected chi connectivity index (χ4v) is 2.11. The van der Waals surface area contributed by atoms with Crippen molar-refractivity contribution in [2.24, 2.45) is 10.7 Å². The van der Waals surface area contributed by atoms with E-state index in [1.165, 1.54) is 0 Å². The van der Waals surface area contributed by atoms with Gasteiger partial charge in [-0.3, -0.25) is 0 Å². The third-order valence-electron chi connectivity index (χ3n) is 3.12. The minimum Gasteiger partial charge on any atom is -0.387 e. The Balaban J connectivity index is 3.20. The molecule has 2 N–H and O–H groups in total. The fourth-order valence-electron chi connectivity index (χ4n) is 2.11. The number of amidine groups is 1. The number of aliphatic imine (C=N–C) groups is 1. The molecule has 2 heteroatoms. The molecule has 0 aliphatic carbocycles. The molecule has 2 nitrogen and oxygen atoms in total. The van der Waals surface area contributed by atoms with Crippen molar-refractivity contribution in [2.45, 2.75) is 26.7 Å². The molecule has 0 unspecified atom stereocenters. The Kier molecular flexibility index (Phi) is 6.96. The zero-order chi connectivity index (χ0) is 15.7. The Labute approximate surface area is 128 Å². The highest BCUT2D eigenvalue weighted by molar-refractivity contribution is 5.84. The van der Waals surface area contributed by atoms with Gasteiger partial charge in [-0.15, -0.1) is 0 Å². The summed E-state index contributed by atoms with van der Waals surface area (Å²) in [5.74, 6) is 0.621. The summed E-state index contributed by atoms with van der Waals surface area (Å²) in [4.78, 5) is 4.50. The second-order valence-corrected chi connectivity index (χ2v) is 4.70. The van der Waals surface area contributed by atoms with Crippen LogP contribution in [0.2, 0.25) is 0 Å². The average molecular weight is 280 g/mol. The average Bonchev–Trinajstić information content (AvgIpc) is 2.65. The van der Waals surface area contributed by atoms with E-state index in [4.69, 9.17) is 5.73 Å². The van der Waals surface area contributed by atoms with Gasteiger partial charge in [0.25, 0.3) is 0 Å². The number of nitrogens with two attached hydrogens (primary N) is 1. The van der Waals surface area contributed by atoms with Crippen molar-refractivity contribution in [3.8, 4) is 0 Å². The Morgan fingerprint density at radius 2 is 2.05 bits per heavy atom. The first kappa shape index (κ1) is 16.7. The van der Waals surface area contributed by atoms with E-state index in [1.807, 2.05) is 32.1 Å². The van der Waals surface area contributed by atoms with E-state index in [2.05, 4.69) is 42.5 Å². The van der Waals surface area contributed by atoms with Gasteiger partial charge < -0.3 is 5.73 Å². The SMILES string of the molecule is C=C/C=C(\C=C1/CC=C(C=C)CC(N)=N1)C(/C=C\C)=C/C. The van der Waals surface area contributed by atoms with Crippen LogP contribution in [0.5, 0.6) is 0 Å². The molecule has 1 aliphatic rings. The van der Waals surface area contributed by atoms with Gasteiger partial charge in [-0.2, -0.15) is 0 Å². The van der Waals surface area contributed by atoms with E-state index in [1.54, 1.807) is 6.08 Å². The lowest BCUT2D eigenvalue weighted by Crippen LogP contribution is -2.11. The van der Waals surface area contributed by atoms with Crippen molar-refractivity contribution in [1.29, 1.82) is 0 Å². The van der Waals surface area contributed by atoms with E-state index in [9.17, 15) is 0 Å². The minimum atomic E-state index is 0.621. The van der Waals surface area contributed by atoms with E-state index in [-0.39, 0.29) is 0 Å². The van der Waals surface area contributed by atoms with Gasteiger partial charge in [0.1, 0.15) is 5.84 Å². The lowest BCUT2D eigenvalue weighted by molar-refractivity contribution is 1.16. The maximum Gasteiger partial charge on any atom is 0.104 e. The molecule has 110 valence electrons. The quantitative estimate of drug-likeness (QED) is 0.724. The molecule has 0 spiro atoms. The summed E-state index contributed by atoms with van der Waals surface area (Å²) in [7, 11) is 0. The summed E-state index contributed by atoms with van der Waals surface area (Å²) in [5, 5.41) is 0. The van der Waals surface area contributed by atoms with Crippen LogP contribution < -0.4 is 5.73 Å². The van der Waals surface area contributed by atoms with Crippen LogP contribution in [0.4, 0.5) is 0 Å². The van der Waals surface area contributed by atoms with Crippen LogP contribution in [0.25, 0.3) is 0 Å². The Hall–Kier alpha value is -2.35. The monoisotopic (exact) mass is 280 g/mol. The van der Waals surface area contributed by atoms with Crippen molar-refractivity contribution >= 4 is 5.84 Å². The lowest BCUT2D eigenvalue weighted by atomic mass is 10.0. The van der Waals surface area contributed by atoms with Gasteiger partial charge in [-0.1, -0.05) is 55.7 Å². The van der Waals surface area contributed by atoms with Gasteiger partial charge in [0.05, 0.1) is 0 Å². The van der Waals surface area contributed by atoms with Crippen molar-refractivity contribution < 1.29 is 0 Å². The molecule has 1 heterocycles. The van der Waals surface area contributed by atoms with Crippen LogP contribution in [0.15, 0.2) is 89.2 Å². The fraction of sp³-hybridized carbons (Fsp3) is 0.211. The highest BCUT2D eigenvalue weighted by Gasteiger charge is 2.07. The number of hydrogen-bond donors (Lipinski definition) is 1. The normalized spacial score (nSPS) is 19.2. The molecular weight excluding hydrogens is 256 g/mol. The van der Waals surface area contributed by atoms with E-state index < -0.39 is 0 Å². The van der Waals surface area contributed by atoms with Gasteiger partial charge >= 0.3 is 0 Å². The third kappa shape index (κ3) is 5.27. The highest BCUT2D eigenvalue weighted by atomic mass is 14.9. The molecule has 0 aromatic rings. The molecule has 0 aromatic carbocycles. The molecule has 21 heavy (non-hydrogen) atoms. The number of nitrogens with zero attached hydrogens (tertiary/aromatic N) is 1. The zero-order valence-corrected chi connectivity index (χ0v) is 13.0. The Bertz CT molecular complexity index is 579. The van der Waals surface area contributed by atoms with Gasteiger partial charge in [-0.25, -0.2) is 4.99 Å². The minimum absolute atomic E-state index is 0.621. The van der Waals surface area contributed by atoms with Gasteiger partial charge in [0, 0.05) is 18.5 Å². The second kappa shape index (κ2) is 8.75. The molecule has 0 atom stereocenters. The lowest BCUT2D eigenvalue weighted by Gasteiger charge is -2.05. The molecule has 0 saturated carbocycles. The van der Waals surface area contributed by atoms with E-state index in [0.717, 1.165) is 28.8 Å². The molecule has 0 aromatic heterocycles. The van der Waals surface area contributed by atoms with Crippen LogP contribution >= 0.6 is 0 Å². The predicted molar refractivity (Wildman–Crippen MR) is 94.1 cm³/mol. The van der Waals surface area contributed by atoms with Crippen molar-refractivity contribution in [2.75, 3.05) is 0 Å². The van der Waals surface area contributed by atoms with Crippen LogP contribution in [-0.2, 0) is 0 Å². The summed E-state index contributed by atoms with van der Waals surface area (Å²) in [5.41, 5.74) is 10.2. The first-order chi connectivity index (χ1) is 10.1. The Morgan fingerprint density at radius 3 is 2.62 bits per heavy atom. The van der Waals surface area contributed by atoms with E-state index >= 15 is 0 Å². The predicted octanol–water partition coefficient (Wildman–Crippen LogP) is 4.77. The zero-order valence-electron chi connectivity index (χ0n) is 13.0. The maximum atomic E-state index is 5.96. The number of rotatable bonds is 5. The van der Waals surface area contributed by atoms with Crippen molar-refractivity contribution in [1.82, 2.24) is 0 Å². The maximum absolute atomic E-state index is 5.96. The van der Waals surface area contributed by atoms with Crippen molar-refractivity contribution in [3.63, 3.8) is 0 Å². The van der Waals surface area contributed by atoms with Gasteiger partial charge in [-0.05, 0) is 36.6 Å². The van der Waals surface area contributed by atoms with E-state index in [0.29, 0.717) is 12.3 Å². The number of allylic oxidation sites excluding steroid dienone is 10.